The van der Waals surface area contributed by atoms with Crippen LogP contribution < -0.4 is 0 Å². The first-order chi connectivity index (χ1) is 9.70. The van der Waals surface area contributed by atoms with Crippen molar-refractivity contribution in [3.05, 3.63) is 37.5 Å². The zero-order valence-corrected chi connectivity index (χ0v) is 12.0. The number of esters is 2. The van der Waals surface area contributed by atoms with Crippen LogP contribution in [0.15, 0.2) is 37.5 Å². The minimum absolute atomic E-state index is 0.355. The Morgan fingerprint density at radius 2 is 1.15 bits per heavy atom. The minimum Gasteiger partial charge on any atom is -0.463 e. The number of hydrogen-bond donors (Lipinski definition) is 0. The van der Waals surface area contributed by atoms with Crippen molar-refractivity contribution in [3.63, 3.8) is 0 Å². The Labute approximate surface area is 121 Å². The largest absolute Gasteiger partial charge is 0.463 e. The van der Waals surface area contributed by atoms with Gasteiger partial charge in [0.05, 0.1) is 13.2 Å². The lowest BCUT2D eigenvalue weighted by molar-refractivity contribution is -0.140. The second kappa shape index (κ2) is 13.6. The highest BCUT2D eigenvalue weighted by Crippen LogP contribution is 1.98. The normalized spacial score (nSPS) is 10.2. The Balaban J connectivity index is 3.59. The first-order valence-corrected chi connectivity index (χ1v) is 6.94. The van der Waals surface area contributed by atoms with Gasteiger partial charge in [-0.3, -0.25) is 0 Å². The standard InChI is InChI=1S/C16H24O4/c1-3-5-7-9-13-19-15(17)11-12-16(18)20-14-10-8-6-4-2/h3-4,11-12H,1-2,5-10,13-14H2/b12-11-. The molecule has 0 rings (SSSR count). The third-order valence-corrected chi connectivity index (χ3v) is 2.45. The molecule has 0 aliphatic carbocycles. The van der Waals surface area contributed by atoms with Crippen molar-refractivity contribution in [2.24, 2.45) is 0 Å². The Morgan fingerprint density at radius 3 is 1.50 bits per heavy atom. The second-order valence-electron chi connectivity index (χ2n) is 4.24. The molecule has 0 bridgehead atoms. The van der Waals surface area contributed by atoms with Crippen LogP contribution in [0.1, 0.15) is 38.5 Å². The molecule has 0 aromatic heterocycles. The van der Waals surface area contributed by atoms with Crippen molar-refractivity contribution in [1.29, 1.82) is 0 Å². The Bertz CT molecular complexity index is 299. The van der Waals surface area contributed by atoms with E-state index in [4.69, 9.17) is 9.47 Å². The summed E-state index contributed by atoms with van der Waals surface area (Å²) in [6.07, 6.45) is 11.1. The highest BCUT2D eigenvalue weighted by Gasteiger charge is 2.00. The third-order valence-electron chi connectivity index (χ3n) is 2.45. The van der Waals surface area contributed by atoms with Crippen LogP contribution in [0.3, 0.4) is 0 Å². The van der Waals surface area contributed by atoms with E-state index in [1.807, 2.05) is 12.2 Å². The van der Waals surface area contributed by atoms with Crippen LogP contribution in [0.2, 0.25) is 0 Å². The van der Waals surface area contributed by atoms with Gasteiger partial charge in [0.25, 0.3) is 0 Å². The number of rotatable bonds is 12. The predicted octanol–water partition coefficient (Wildman–Crippen LogP) is 3.34. The number of hydrogen-bond acceptors (Lipinski definition) is 4. The van der Waals surface area contributed by atoms with E-state index in [9.17, 15) is 9.59 Å². The zero-order chi connectivity index (χ0) is 15.1. The molecule has 0 fully saturated rings. The topological polar surface area (TPSA) is 52.6 Å². The Morgan fingerprint density at radius 1 is 0.750 bits per heavy atom. The fourth-order valence-corrected chi connectivity index (χ4v) is 1.36. The smallest absolute Gasteiger partial charge is 0.331 e. The summed E-state index contributed by atoms with van der Waals surface area (Å²) in [5, 5.41) is 0. The molecule has 4 heteroatoms. The molecular weight excluding hydrogens is 256 g/mol. The monoisotopic (exact) mass is 280 g/mol. The average molecular weight is 280 g/mol. The molecule has 0 aliphatic rings. The number of ether oxygens (including phenoxy) is 2. The maximum absolute atomic E-state index is 11.2. The molecule has 0 spiro atoms. The van der Waals surface area contributed by atoms with Crippen molar-refractivity contribution in [1.82, 2.24) is 0 Å². The van der Waals surface area contributed by atoms with Crippen LogP contribution in [0.4, 0.5) is 0 Å². The van der Waals surface area contributed by atoms with Gasteiger partial charge >= 0.3 is 11.9 Å². The molecule has 0 amide bonds. The fraction of sp³-hybridized carbons (Fsp3) is 0.500. The van der Waals surface area contributed by atoms with Crippen LogP contribution in [-0.2, 0) is 19.1 Å². The van der Waals surface area contributed by atoms with Gasteiger partial charge < -0.3 is 9.47 Å². The molecule has 0 aromatic rings. The molecule has 0 saturated heterocycles. The second-order valence-corrected chi connectivity index (χ2v) is 4.24. The number of unbranched alkanes of at least 4 members (excludes halogenated alkanes) is 4. The van der Waals surface area contributed by atoms with Gasteiger partial charge in [-0.05, 0) is 38.5 Å². The molecule has 0 N–H and O–H groups in total. The molecule has 0 aliphatic heterocycles. The van der Waals surface area contributed by atoms with Gasteiger partial charge in [-0.15, -0.1) is 13.2 Å². The van der Waals surface area contributed by atoms with E-state index >= 15 is 0 Å². The quantitative estimate of drug-likeness (QED) is 0.238. The zero-order valence-electron chi connectivity index (χ0n) is 12.0. The Hall–Kier alpha value is -1.84. The van der Waals surface area contributed by atoms with Crippen molar-refractivity contribution in [2.75, 3.05) is 13.2 Å². The summed E-state index contributed by atoms with van der Waals surface area (Å²) in [6.45, 7) is 7.93. The molecule has 20 heavy (non-hydrogen) atoms. The molecule has 4 nitrogen and oxygen atoms in total. The van der Waals surface area contributed by atoms with E-state index in [0.717, 1.165) is 50.7 Å². The van der Waals surface area contributed by atoms with E-state index in [-0.39, 0.29) is 0 Å². The molecule has 0 heterocycles. The van der Waals surface area contributed by atoms with Crippen LogP contribution in [0, 0.1) is 0 Å². The van der Waals surface area contributed by atoms with E-state index in [1.165, 1.54) is 0 Å². The van der Waals surface area contributed by atoms with Gasteiger partial charge in [0, 0.05) is 12.2 Å². The lowest BCUT2D eigenvalue weighted by Crippen LogP contribution is -2.06. The fourth-order valence-electron chi connectivity index (χ4n) is 1.36. The molecule has 0 atom stereocenters. The lowest BCUT2D eigenvalue weighted by atomic mass is 10.2. The molecule has 0 unspecified atom stereocenters. The van der Waals surface area contributed by atoms with E-state index in [1.54, 1.807) is 0 Å². The number of carbonyl (C=O) groups is 2. The summed E-state index contributed by atoms with van der Waals surface area (Å²) < 4.78 is 9.84. The predicted molar refractivity (Wildman–Crippen MR) is 79.2 cm³/mol. The third kappa shape index (κ3) is 12.6. The lowest BCUT2D eigenvalue weighted by Gasteiger charge is -2.01. The van der Waals surface area contributed by atoms with Crippen molar-refractivity contribution >= 4 is 11.9 Å². The maximum Gasteiger partial charge on any atom is 0.331 e. The van der Waals surface area contributed by atoms with E-state index < -0.39 is 11.9 Å². The number of allylic oxidation sites excluding steroid dienone is 2. The van der Waals surface area contributed by atoms with Crippen LogP contribution in [0.25, 0.3) is 0 Å². The summed E-state index contributed by atoms with van der Waals surface area (Å²) in [7, 11) is 0. The van der Waals surface area contributed by atoms with Crippen LogP contribution in [-0.4, -0.2) is 25.2 Å². The maximum atomic E-state index is 11.2. The molecule has 0 radical (unpaired) electrons. The van der Waals surface area contributed by atoms with E-state index in [2.05, 4.69) is 13.2 Å². The summed E-state index contributed by atoms with van der Waals surface area (Å²) in [4.78, 5) is 22.5. The van der Waals surface area contributed by atoms with Crippen molar-refractivity contribution in [2.45, 2.75) is 38.5 Å². The summed E-state index contributed by atoms with van der Waals surface area (Å²) in [5.74, 6) is -1.04. The van der Waals surface area contributed by atoms with Gasteiger partial charge in [-0.25, -0.2) is 9.59 Å². The van der Waals surface area contributed by atoms with Gasteiger partial charge in [0.1, 0.15) is 0 Å². The summed E-state index contributed by atoms with van der Waals surface area (Å²) in [5.41, 5.74) is 0. The van der Waals surface area contributed by atoms with Gasteiger partial charge in [-0.2, -0.15) is 0 Å². The van der Waals surface area contributed by atoms with Crippen molar-refractivity contribution < 1.29 is 19.1 Å². The van der Waals surface area contributed by atoms with Gasteiger partial charge in [-0.1, -0.05) is 12.2 Å². The van der Waals surface area contributed by atoms with E-state index in [0.29, 0.717) is 13.2 Å². The molecular formula is C16H24O4. The van der Waals surface area contributed by atoms with Crippen molar-refractivity contribution in [3.8, 4) is 0 Å². The average Bonchev–Trinajstić information content (AvgIpc) is 2.44. The number of carbonyl (C=O) groups excluding carboxylic acids is 2. The first kappa shape index (κ1) is 18.2. The first-order valence-electron chi connectivity index (χ1n) is 6.94. The van der Waals surface area contributed by atoms with Gasteiger partial charge in [0.15, 0.2) is 0 Å². The molecule has 0 aromatic carbocycles. The summed E-state index contributed by atoms with van der Waals surface area (Å²) in [6, 6.07) is 0. The SMILES string of the molecule is C=CCCCCOC(=O)/C=C\C(=O)OCCCCC=C. The molecule has 112 valence electrons. The highest BCUT2D eigenvalue weighted by atomic mass is 16.5. The Kier molecular flexibility index (Phi) is 12.3. The summed E-state index contributed by atoms with van der Waals surface area (Å²) >= 11 is 0. The minimum atomic E-state index is -0.521. The molecule has 0 saturated carbocycles. The highest BCUT2D eigenvalue weighted by molar-refractivity contribution is 5.91. The van der Waals surface area contributed by atoms with Crippen LogP contribution >= 0.6 is 0 Å². The van der Waals surface area contributed by atoms with Crippen LogP contribution in [0.5, 0.6) is 0 Å². The van der Waals surface area contributed by atoms with Gasteiger partial charge in [0.2, 0.25) is 0 Å².